The number of rotatable bonds is 6. The first-order valence-electron chi connectivity index (χ1n) is 7.70. The molecule has 2 aromatic carbocycles. The Morgan fingerprint density at radius 3 is 2.43 bits per heavy atom. The van der Waals surface area contributed by atoms with Gasteiger partial charge in [-0.05, 0) is 43.3 Å². The highest BCUT2D eigenvalue weighted by Gasteiger charge is 2.22. The lowest BCUT2D eigenvalue weighted by molar-refractivity contribution is -0.123. The Kier molecular flexibility index (Phi) is 6.89. The minimum Gasteiger partial charge on any atom is -0.495 e. The number of carbonyl (C=O) groups excluding carboxylic acids is 2. The van der Waals surface area contributed by atoms with E-state index in [0.29, 0.717) is 16.5 Å². The van der Waals surface area contributed by atoms with Gasteiger partial charge in [0.2, 0.25) is 10.0 Å². The molecule has 28 heavy (non-hydrogen) atoms. The number of nitrogens with two attached hydrogens (primary N) is 1. The van der Waals surface area contributed by atoms with Gasteiger partial charge < -0.3 is 14.8 Å². The van der Waals surface area contributed by atoms with Crippen molar-refractivity contribution in [2.75, 3.05) is 12.4 Å². The van der Waals surface area contributed by atoms with E-state index in [1.807, 2.05) is 0 Å². The van der Waals surface area contributed by atoms with E-state index in [0.717, 1.165) is 6.07 Å². The summed E-state index contributed by atoms with van der Waals surface area (Å²) in [5, 5.41) is 7.82. The Morgan fingerprint density at radius 2 is 1.82 bits per heavy atom. The van der Waals surface area contributed by atoms with Crippen LogP contribution in [0.3, 0.4) is 0 Å². The van der Waals surface area contributed by atoms with Gasteiger partial charge in [-0.25, -0.2) is 18.4 Å². The molecule has 0 heterocycles. The van der Waals surface area contributed by atoms with Crippen LogP contribution in [0.5, 0.6) is 5.75 Å². The van der Waals surface area contributed by atoms with E-state index in [1.54, 1.807) is 12.1 Å². The summed E-state index contributed by atoms with van der Waals surface area (Å²) in [5.74, 6) is -1.21. The first kappa shape index (κ1) is 22.0. The lowest BCUT2D eigenvalue weighted by Gasteiger charge is -2.15. The SMILES string of the molecule is COc1ccc(Cl)cc1NC(=O)[C@H](C)OC(=O)c1ccc(Cl)c(S(N)(=O)=O)c1. The number of halogens is 2. The third kappa shape index (κ3) is 5.35. The number of nitrogens with one attached hydrogen (secondary N) is 1. The fourth-order valence-corrected chi connectivity index (χ4v) is 3.39. The Hall–Kier alpha value is -2.33. The molecular weight excluding hydrogens is 431 g/mol. The van der Waals surface area contributed by atoms with Crippen molar-refractivity contribution in [2.24, 2.45) is 5.14 Å². The highest BCUT2D eigenvalue weighted by atomic mass is 35.5. The number of primary sulfonamides is 1. The summed E-state index contributed by atoms with van der Waals surface area (Å²) in [5.41, 5.74) is 0.166. The molecule has 0 unspecified atom stereocenters. The van der Waals surface area contributed by atoms with E-state index in [9.17, 15) is 18.0 Å². The number of ether oxygens (including phenoxy) is 2. The van der Waals surface area contributed by atoms with Gasteiger partial charge in [0.05, 0.1) is 23.4 Å². The Labute approximate surface area is 171 Å². The van der Waals surface area contributed by atoms with E-state index >= 15 is 0 Å². The summed E-state index contributed by atoms with van der Waals surface area (Å²) < 4.78 is 33.2. The summed E-state index contributed by atoms with van der Waals surface area (Å²) in [4.78, 5) is 24.1. The van der Waals surface area contributed by atoms with E-state index in [4.69, 9.17) is 37.8 Å². The first-order valence-corrected chi connectivity index (χ1v) is 10.0. The van der Waals surface area contributed by atoms with Gasteiger partial charge in [0.25, 0.3) is 5.91 Å². The number of hydrogen-bond donors (Lipinski definition) is 2. The highest BCUT2D eigenvalue weighted by Crippen LogP contribution is 2.28. The normalized spacial score (nSPS) is 12.2. The predicted octanol–water partition coefficient (Wildman–Crippen LogP) is 2.83. The number of benzene rings is 2. The number of methoxy groups -OCH3 is 1. The number of sulfonamides is 1. The van der Waals surface area contributed by atoms with E-state index in [1.165, 1.54) is 32.2 Å². The fourth-order valence-electron chi connectivity index (χ4n) is 2.14. The molecule has 0 saturated carbocycles. The second kappa shape index (κ2) is 8.78. The Morgan fingerprint density at radius 1 is 1.14 bits per heavy atom. The minimum absolute atomic E-state index is 0.131. The number of esters is 1. The molecular formula is C17H16Cl2N2O6S. The molecule has 0 bridgehead atoms. The molecule has 0 aliphatic heterocycles. The van der Waals surface area contributed by atoms with Crippen molar-refractivity contribution >= 4 is 50.8 Å². The molecule has 0 aliphatic carbocycles. The molecule has 0 fully saturated rings. The standard InChI is InChI=1S/C17H16Cl2N2O6S/c1-9(16(22)21-13-8-11(18)4-6-14(13)26-2)27-17(23)10-3-5-12(19)15(7-10)28(20,24)25/h3-9H,1-2H3,(H,21,22)(H2,20,24,25)/t9-/m0/s1. The average molecular weight is 447 g/mol. The van der Waals surface area contributed by atoms with Gasteiger partial charge >= 0.3 is 5.97 Å². The van der Waals surface area contributed by atoms with Crippen molar-refractivity contribution in [1.82, 2.24) is 0 Å². The van der Waals surface area contributed by atoms with Crippen LogP contribution < -0.4 is 15.2 Å². The van der Waals surface area contributed by atoms with Gasteiger partial charge in [0.1, 0.15) is 10.6 Å². The van der Waals surface area contributed by atoms with Crippen molar-refractivity contribution < 1.29 is 27.5 Å². The molecule has 3 N–H and O–H groups in total. The van der Waals surface area contributed by atoms with Crippen molar-refractivity contribution in [1.29, 1.82) is 0 Å². The zero-order valence-electron chi connectivity index (χ0n) is 14.7. The molecule has 150 valence electrons. The van der Waals surface area contributed by atoms with Gasteiger partial charge in [0.15, 0.2) is 6.10 Å². The summed E-state index contributed by atoms with van der Waals surface area (Å²) in [6.45, 7) is 1.35. The molecule has 0 saturated heterocycles. The van der Waals surface area contributed by atoms with E-state index in [2.05, 4.69) is 5.32 Å². The monoisotopic (exact) mass is 446 g/mol. The molecule has 0 aromatic heterocycles. The molecule has 8 nitrogen and oxygen atoms in total. The Bertz CT molecular complexity index is 1030. The topological polar surface area (TPSA) is 125 Å². The third-order valence-corrected chi connectivity index (χ3v) is 5.17. The maximum atomic E-state index is 12.3. The number of carbonyl (C=O) groups is 2. The average Bonchev–Trinajstić information content (AvgIpc) is 2.61. The second-order valence-corrected chi connectivity index (χ2v) is 7.95. The smallest absolute Gasteiger partial charge is 0.338 e. The largest absolute Gasteiger partial charge is 0.495 e. The fraction of sp³-hybridized carbons (Fsp3) is 0.176. The molecule has 2 aromatic rings. The van der Waals surface area contributed by atoms with Crippen LogP contribution in [0.15, 0.2) is 41.3 Å². The number of hydrogen-bond acceptors (Lipinski definition) is 6. The van der Waals surface area contributed by atoms with Crippen molar-refractivity contribution in [3.8, 4) is 5.75 Å². The van der Waals surface area contributed by atoms with Gasteiger partial charge in [-0.1, -0.05) is 23.2 Å². The maximum Gasteiger partial charge on any atom is 0.338 e. The van der Waals surface area contributed by atoms with Crippen LogP contribution in [0.4, 0.5) is 5.69 Å². The lowest BCUT2D eigenvalue weighted by Crippen LogP contribution is -2.30. The van der Waals surface area contributed by atoms with Crippen molar-refractivity contribution in [2.45, 2.75) is 17.9 Å². The van der Waals surface area contributed by atoms with Crippen molar-refractivity contribution in [3.05, 3.63) is 52.0 Å². The first-order chi connectivity index (χ1) is 13.0. The van der Waals surface area contributed by atoms with E-state index in [-0.39, 0.29) is 10.6 Å². The van der Waals surface area contributed by atoms with Crippen LogP contribution in [0.2, 0.25) is 10.0 Å². The summed E-state index contributed by atoms with van der Waals surface area (Å²) in [6, 6.07) is 8.05. The second-order valence-electron chi connectivity index (χ2n) is 5.57. The molecule has 2 rings (SSSR count). The van der Waals surface area contributed by atoms with E-state index < -0.39 is 32.9 Å². The van der Waals surface area contributed by atoms with Crippen LogP contribution in [0, 0.1) is 0 Å². The molecule has 0 aliphatic rings. The molecule has 0 radical (unpaired) electrons. The number of anilines is 1. The van der Waals surface area contributed by atoms with Gasteiger partial charge in [-0.15, -0.1) is 0 Å². The molecule has 1 atom stereocenters. The lowest BCUT2D eigenvalue weighted by atomic mass is 10.2. The zero-order chi connectivity index (χ0) is 21.1. The quantitative estimate of drug-likeness (QED) is 0.657. The maximum absolute atomic E-state index is 12.3. The highest BCUT2D eigenvalue weighted by molar-refractivity contribution is 7.89. The summed E-state index contributed by atoms with van der Waals surface area (Å²) in [6.07, 6.45) is -1.20. The van der Waals surface area contributed by atoms with Crippen LogP contribution >= 0.6 is 23.2 Å². The van der Waals surface area contributed by atoms with Crippen LogP contribution in [-0.2, 0) is 19.6 Å². The number of amides is 1. The Balaban J connectivity index is 2.14. The molecule has 0 spiro atoms. The van der Waals surface area contributed by atoms with Gasteiger partial charge in [0, 0.05) is 5.02 Å². The molecule has 1 amide bonds. The van der Waals surface area contributed by atoms with Crippen molar-refractivity contribution in [3.63, 3.8) is 0 Å². The zero-order valence-corrected chi connectivity index (χ0v) is 17.1. The summed E-state index contributed by atoms with van der Waals surface area (Å²) in [7, 11) is -2.71. The third-order valence-electron chi connectivity index (χ3n) is 3.55. The molecule has 11 heteroatoms. The van der Waals surface area contributed by atoms with Crippen LogP contribution in [0.25, 0.3) is 0 Å². The van der Waals surface area contributed by atoms with Crippen LogP contribution in [0.1, 0.15) is 17.3 Å². The van der Waals surface area contributed by atoms with Gasteiger partial charge in [-0.3, -0.25) is 4.79 Å². The van der Waals surface area contributed by atoms with Crippen LogP contribution in [-0.4, -0.2) is 33.5 Å². The minimum atomic E-state index is -4.13. The predicted molar refractivity (Wildman–Crippen MR) is 104 cm³/mol. The summed E-state index contributed by atoms with van der Waals surface area (Å²) >= 11 is 11.7. The van der Waals surface area contributed by atoms with Gasteiger partial charge in [-0.2, -0.15) is 0 Å².